The molecule has 1 aliphatic carbocycles. The lowest BCUT2D eigenvalue weighted by molar-refractivity contribution is 0.309. The molecule has 2 aliphatic rings. The van der Waals surface area contributed by atoms with Crippen LogP contribution < -0.4 is 5.32 Å². The van der Waals surface area contributed by atoms with Crippen molar-refractivity contribution in [1.82, 2.24) is 10.2 Å². The van der Waals surface area contributed by atoms with E-state index in [1.807, 2.05) is 0 Å². The zero-order valence-electron chi connectivity index (χ0n) is 12.0. The summed E-state index contributed by atoms with van der Waals surface area (Å²) in [6, 6.07) is 12.3. The highest BCUT2D eigenvalue weighted by atomic mass is 15.2. The number of benzene rings is 1. The number of likely N-dealkylation sites (tertiary alicyclic amines) is 1. The van der Waals surface area contributed by atoms with E-state index >= 15 is 0 Å². The molecule has 19 heavy (non-hydrogen) atoms. The predicted octanol–water partition coefficient (Wildman–Crippen LogP) is 3.04. The second kappa shape index (κ2) is 6.06. The van der Waals surface area contributed by atoms with Gasteiger partial charge in [-0.05, 0) is 37.2 Å². The third-order valence-electron chi connectivity index (χ3n) is 4.60. The first-order valence-electron chi connectivity index (χ1n) is 7.87. The monoisotopic (exact) mass is 258 g/mol. The first-order valence-corrected chi connectivity index (χ1v) is 7.87. The van der Waals surface area contributed by atoms with E-state index in [1.165, 1.54) is 44.3 Å². The summed E-state index contributed by atoms with van der Waals surface area (Å²) >= 11 is 0. The maximum Gasteiger partial charge on any atom is 0.0234 e. The van der Waals surface area contributed by atoms with E-state index < -0.39 is 0 Å². The van der Waals surface area contributed by atoms with Crippen LogP contribution in [0.2, 0.25) is 0 Å². The van der Waals surface area contributed by atoms with E-state index in [-0.39, 0.29) is 0 Å². The molecule has 0 radical (unpaired) electrons. The lowest BCUT2D eigenvalue weighted by atomic mass is 10.1. The van der Waals surface area contributed by atoms with Crippen molar-refractivity contribution in [2.75, 3.05) is 13.1 Å². The molecule has 1 aromatic carbocycles. The molecule has 1 saturated carbocycles. The van der Waals surface area contributed by atoms with E-state index in [1.54, 1.807) is 0 Å². The fraction of sp³-hybridized carbons (Fsp3) is 0.647. The van der Waals surface area contributed by atoms with Crippen LogP contribution in [-0.4, -0.2) is 30.1 Å². The molecule has 2 nitrogen and oxygen atoms in total. The van der Waals surface area contributed by atoms with Gasteiger partial charge in [0.25, 0.3) is 0 Å². The smallest absolute Gasteiger partial charge is 0.0234 e. The van der Waals surface area contributed by atoms with Gasteiger partial charge >= 0.3 is 0 Å². The highest BCUT2D eigenvalue weighted by Crippen LogP contribution is 2.34. The molecule has 0 amide bonds. The molecule has 1 aliphatic heterocycles. The zero-order chi connectivity index (χ0) is 13.1. The molecule has 2 heteroatoms. The molecule has 2 fully saturated rings. The van der Waals surface area contributed by atoms with Crippen molar-refractivity contribution in [3.8, 4) is 0 Å². The third kappa shape index (κ3) is 3.58. The van der Waals surface area contributed by atoms with Crippen LogP contribution in [0.4, 0.5) is 0 Å². The van der Waals surface area contributed by atoms with Crippen molar-refractivity contribution >= 4 is 0 Å². The number of hydrogen-bond donors (Lipinski definition) is 1. The Hall–Kier alpha value is -0.860. The molecule has 0 spiro atoms. The van der Waals surface area contributed by atoms with Crippen molar-refractivity contribution in [2.45, 2.75) is 51.2 Å². The molecular formula is C17H26N2. The fourth-order valence-corrected chi connectivity index (χ4v) is 3.34. The molecule has 104 valence electrons. The maximum absolute atomic E-state index is 3.90. The van der Waals surface area contributed by atoms with Crippen LogP contribution in [0.15, 0.2) is 30.3 Å². The summed E-state index contributed by atoms with van der Waals surface area (Å²) in [4.78, 5) is 2.59. The Labute approximate surface area is 117 Å². The molecular weight excluding hydrogens is 232 g/mol. The van der Waals surface area contributed by atoms with Crippen molar-refractivity contribution in [3.63, 3.8) is 0 Å². The van der Waals surface area contributed by atoms with E-state index in [9.17, 15) is 0 Å². The summed E-state index contributed by atoms with van der Waals surface area (Å²) in [5.74, 6) is 0.980. The normalized spacial score (nSPS) is 25.6. The number of hydrogen-bond acceptors (Lipinski definition) is 2. The van der Waals surface area contributed by atoms with Gasteiger partial charge in [-0.1, -0.05) is 37.3 Å². The Morgan fingerprint density at radius 1 is 1.21 bits per heavy atom. The molecule has 0 bridgehead atoms. The minimum atomic E-state index is 0.717. The summed E-state index contributed by atoms with van der Waals surface area (Å²) in [6.07, 6.45) is 5.51. The van der Waals surface area contributed by atoms with E-state index in [0.717, 1.165) is 18.5 Å². The Bertz CT molecular complexity index is 386. The quantitative estimate of drug-likeness (QED) is 0.843. The van der Waals surface area contributed by atoms with Crippen molar-refractivity contribution < 1.29 is 0 Å². The van der Waals surface area contributed by atoms with Crippen LogP contribution >= 0.6 is 0 Å². The SMILES string of the molecule is CCC(NC1CCN(Cc2ccccc2)C1)C1CC1. The van der Waals surface area contributed by atoms with Crippen LogP contribution in [0, 0.1) is 5.92 Å². The van der Waals surface area contributed by atoms with Gasteiger partial charge in [0.15, 0.2) is 0 Å². The number of nitrogens with zero attached hydrogens (tertiary/aromatic N) is 1. The molecule has 2 atom stereocenters. The highest BCUT2D eigenvalue weighted by molar-refractivity contribution is 5.14. The molecule has 1 saturated heterocycles. The lowest BCUT2D eigenvalue weighted by Crippen LogP contribution is -2.40. The summed E-state index contributed by atoms with van der Waals surface area (Å²) in [5, 5.41) is 3.90. The van der Waals surface area contributed by atoms with E-state index in [0.29, 0.717) is 6.04 Å². The van der Waals surface area contributed by atoms with Gasteiger partial charge in [-0.15, -0.1) is 0 Å². The largest absolute Gasteiger partial charge is 0.310 e. The second-order valence-electron chi connectivity index (χ2n) is 6.23. The Morgan fingerprint density at radius 2 is 2.00 bits per heavy atom. The number of rotatable bonds is 6. The zero-order valence-corrected chi connectivity index (χ0v) is 12.0. The molecule has 3 rings (SSSR count). The van der Waals surface area contributed by atoms with Crippen molar-refractivity contribution in [1.29, 1.82) is 0 Å². The third-order valence-corrected chi connectivity index (χ3v) is 4.60. The topological polar surface area (TPSA) is 15.3 Å². The van der Waals surface area contributed by atoms with Crippen molar-refractivity contribution in [3.05, 3.63) is 35.9 Å². The van der Waals surface area contributed by atoms with Gasteiger partial charge in [0.2, 0.25) is 0 Å². The summed E-state index contributed by atoms with van der Waals surface area (Å²) in [5.41, 5.74) is 1.44. The molecule has 0 aromatic heterocycles. The molecule has 2 unspecified atom stereocenters. The van der Waals surface area contributed by atoms with Gasteiger partial charge in [0.05, 0.1) is 0 Å². The van der Waals surface area contributed by atoms with Gasteiger partial charge in [-0.2, -0.15) is 0 Å². The highest BCUT2D eigenvalue weighted by Gasteiger charge is 2.32. The number of nitrogens with one attached hydrogen (secondary N) is 1. The van der Waals surface area contributed by atoms with Gasteiger partial charge in [-0.3, -0.25) is 4.90 Å². The average Bonchev–Trinajstić information content (AvgIpc) is 3.19. The Kier molecular flexibility index (Phi) is 4.19. The van der Waals surface area contributed by atoms with Gasteiger partial charge in [0, 0.05) is 31.7 Å². The molecule has 1 heterocycles. The molecule has 1 aromatic rings. The fourth-order valence-electron chi connectivity index (χ4n) is 3.34. The van der Waals surface area contributed by atoms with Crippen LogP contribution in [0.1, 0.15) is 38.2 Å². The maximum atomic E-state index is 3.90. The van der Waals surface area contributed by atoms with E-state index in [4.69, 9.17) is 0 Å². The Balaban J connectivity index is 1.47. The first kappa shape index (κ1) is 13.1. The van der Waals surface area contributed by atoms with Crippen LogP contribution in [-0.2, 0) is 6.54 Å². The molecule has 1 N–H and O–H groups in total. The van der Waals surface area contributed by atoms with Gasteiger partial charge in [-0.25, -0.2) is 0 Å². The minimum Gasteiger partial charge on any atom is -0.310 e. The van der Waals surface area contributed by atoms with Crippen LogP contribution in [0.25, 0.3) is 0 Å². The first-order chi connectivity index (χ1) is 9.35. The van der Waals surface area contributed by atoms with Gasteiger partial charge < -0.3 is 5.32 Å². The minimum absolute atomic E-state index is 0.717. The predicted molar refractivity (Wildman–Crippen MR) is 80.1 cm³/mol. The lowest BCUT2D eigenvalue weighted by Gasteiger charge is -2.22. The Morgan fingerprint density at radius 3 is 2.68 bits per heavy atom. The summed E-state index contributed by atoms with van der Waals surface area (Å²) < 4.78 is 0. The standard InChI is InChI=1S/C17H26N2/c1-2-17(15-8-9-15)18-16-10-11-19(13-16)12-14-6-4-3-5-7-14/h3-7,15-18H,2,8-13H2,1H3. The van der Waals surface area contributed by atoms with Gasteiger partial charge in [0.1, 0.15) is 0 Å². The summed E-state index contributed by atoms with van der Waals surface area (Å²) in [6.45, 7) is 5.90. The average molecular weight is 258 g/mol. The second-order valence-corrected chi connectivity index (χ2v) is 6.23. The van der Waals surface area contributed by atoms with E-state index in [2.05, 4.69) is 47.5 Å². The summed E-state index contributed by atoms with van der Waals surface area (Å²) in [7, 11) is 0. The van der Waals surface area contributed by atoms with Crippen LogP contribution in [0.3, 0.4) is 0 Å². The van der Waals surface area contributed by atoms with Crippen LogP contribution in [0.5, 0.6) is 0 Å². The van der Waals surface area contributed by atoms with Crippen molar-refractivity contribution in [2.24, 2.45) is 5.92 Å².